The highest BCUT2D eigenvalue weighted by molar-refractivity contribution is 6.06. The van der Waals surface area contributed by atoms with Gasteiger partial charge in [-0.2, -0.15) is 0 Å². The van der Waals surface area contributed by atoms with Crippen LogP contribution >= 0.6 is 0 Å². The zero-order valence-electron chi connectivity index (χ0n) is 21.7. The van der Waals surface area contributed by atoms with Crippen LogP contribution in [0, 0.1) is 23.6 Å². The SMILES string of the molecule is NCCCn1ccc2cccc(C(=O)N3CC(CN4CCC(c5ccc(F)cc5)CC4)C(C4CC4)C3)c21. The molecule has 3 heterocycles. The number of nitrogens with two attached hydrogens (primary N) is 1. The highest BCUT2D eigenvalue weighted by Gasteiger charge is 2.44. The first-order valence-corrected chi connectivity index (χ1v) is 14.2. The lowest BCUT2D eigenvalue weighted by molar-refractivity contribution is 0.0781. The second-order valence-electron chi connectivity index (χ2n) is 11.5. The van der Waals surface area contributed by atoms with E-state index in [0.29, 0.717) is 24.3 Å². The number of para-hydroxylation sites is 1. The van der Waals surface area contributed by atoms with E-state index in [1.165, 1.54) is 18.4 Å². The molecule has 2 aromatic carbocycles. The van der Waals surface area contributed by atoms with Crippen molar-refractivity contribution in [1.82, 2.24) is 14.4 Å². The van der Waals surface area contributed by atoms with E-state index in [1.54, 1.807) is 12.1 Å². The van der Waals surface area contributed by atoms with Crippen molar-refractivity contribution in [3.63, 3.8) is 0 Å². The molecule has 2 atom stereocenters. The monoisotopic (exact) mass is 502 g/mol. The third-order valence-corrected chi connectivity index (χ3v) is 9.05. The zero-order chi connectivity index (χ0) is 25.4. The maximum absolute atomic E-state index is 13.9. The van der Waals surface area contributed by atoms with Crippen LogP contribution < -0.4 is 5.73 Å². The van der Waals surface area contributed by atoms with Crippen LogP contribution in [0.1, 0.15) is 53.9 Å². The Bertz CT molecular complexity index is 1230. The number of hydrogen-bond donors (Lipinski definition) is 1. The summed E-state index contributed by atoms with van der Waals surface area (Å²) in [6.45, 7) is 6.48. The summed E-state index contributed by atoms with van der Waals surface area (Å²) in [5.74, 6) is 2.48. The molecule has 3 aliphatic rings. The maximum Gasteiger partial charge on any atom is 0.256 e. The van der Waals surface area contributed by atoms with Gasteiger partial charge >= 0.3 is 0 Å². The predicted molar refractivity (Wildman–Crippen MR) is 146 cm³/mol. The van der Waals surface area contributed by atoms with Gasteiger partial charge in [0.25, 0.3) is 5.91 Å². The third kappa shape index (κ3) is 5.19. The normalized spacial score (nSPS) is 23.2. The molecule has 2 saturated heterocycles. The Kier molecular flexibility index (Phi) is 7.04. The fourth-order valence-corrected chi connectivity index (χ4v) is 6.88. The lowest BCUT2D eigenvalue weighted by atomic mass is 9.87. The van der Waals surface area contributed by atoms with Gasteiger partial charge in [0, 0.05) is 37.8 Å². The number of carbonyl (C=O) groups is 1. The second-order valence-corrected chi connectivity index (χ2v) is 11.5. The van der Waals surface area contributed by atoms with Crippen LogP contribution in [0.3, 0.4) is 0 Å². The molecule has 1 saturated carbocycles. The minimum atomic E-state index is -0.160. The molecule has 196 valence electrons. The Hall–Kier alpha value is -2.70. The van der Waals surface area contributed by atoms with Crippen molar-refractivity contribution in [1.29, 1.82) is 0 Å². The summed E-state index contributed by atoms with van der Waals surface area (Å²) in [5.41, 5.74) is 8.91. The van der Waals surface area contributed by atoms with Crippen molar-refractivity contribution in [2.45, 2.75) is 44.6 Å². The van der Waals surface area contributed by atoms with Crippen LogP contribution in [-0.2, 0) is 6.54 Å². The van der Waals surface area contributed by atoms with Crippen molar-refractivity contribution in [3.8, 4) is 0 Å². The number of piperidine rings is 1. The fraction of sp³-hybridized carbons (Fsp3) is 0.516. The van der Waals surface area contributed by atoms with Gasteiger partial charge in [-0.05, 0) is 105 Å². The van der Waals surface area contributed by atoms with E-state index < -0.39 is 0 Å². The lowest BCUT2D eigenvalue weighted by Gasteiger charge is -2.34. The average Bonchev–Trinajstić information content (AvgIpc) is 3.55. The molecule has 6 heteroatoms. The first-order chi connectivity index (χ1) is 18.1. The summed E-state index contributed by atoms with van der Waals surface area (Å²) < 4.78 is 15.5. The summed E-state index contributed by atoms with van der Waals surface area (Å²) in [6.07, 6.45) is 7.86. The molecule has 1 aliphatic carbocycles. The van der Waals surface area contributed by atoms with Crippen LogP contribution in [0.4, 0.5) is 4.39 Å². The summed E-state index contributed by atoms with van der Waals surface area (Å²) in [6, 6.07) is 15.3. The van der Waals surface area contributed by atoms with E-state index in [0.717, 1.165) is 80.9 Å². The molecular weight excluding hydrogens is 463 g/mol. The van der Waals surface area contributed by atoms with Gasteiger partial charge in [0.2, 0.25) is 0 Å². The molecule has 2 aliphatic heterocycles. The highest BCUT2D eigenvalue weighted by Crippen LogP contribution is 2.45. The first kappa shape index (κ1) is 24.6. The van der Waals surface area contributed by atoms with Gasteiger partial charge in [0.15, 0.2) is 0 Å². The Morgan fingerprint density at radius 2 is 1.76 bits per heavy atom. The average molecular weight is 503 g/mol. The number of halogens is 1. The maximum atomic E-state index is 13.9. The van der Waals surface area contributed by atoms with Crippen molar-refractivity contribution in [3.05, 3.63) is 71.7 Å². The summed E-state index contributed by atoms with van der Waals surface area (Å²) >= 11 is 0. The van der Waals surface area contributed by atoms with E-state index in [9.17, 15) is 9.18 Å². The molecule has 37 heavy (non-hydrogen) atoms. The number of fused-ring (bicyclic) bond motifs is 1. The quantitative estimate of drug-likeness (QED) is 0.466. The molecule has 3 aromatic rings. The van der Waals surface area contributed by atoms with Crippen LogP contribution in [-0.4, -0.2) is 59.5 Å². The molecule has 1 aromatic heterocycles. The van der Waals surface area contributed by atoms with Crippen molar-refractivity contribution < 1.29 is 9.18 Å². The van der Waals surface area contributed by atoms with E-state index in [-0.39, 0.29) is 11.7 Å². The molecular formula is C31H39FN4O. The smallest absolute Gasteiger partial charge is 0.256 e. The minimum absolute atomic E-state index is 0.160. The van der Waals surface area contributed by atoms with Gasteiger partial charge in [-0.15, -0.1) is 0 Å². The predicted octanol–water partition coefficient (Wildman–Crippen LogP) is 5.11. The number of rotatable bonds is 8. The molecule has 3 fully saturated rings. The summed E-state index contributed by atoms with van der Waals surface area (Å²) in [4.78, 5) is 18.6. The molecule has 0 spiro atoms. The number of amides is 1. The van der Waals surface area contributed by atoms with E-state index in [4.69, 9.17) is 5.73 Å². The minimum Gasteiger partial charge on any atom is -0.347 e. The molecule has 6 rings (SSSR count). The third-order valence-electron chi connectivity index (χ3n) is 9.05. The van der Waals surface area contributed by atoms with Gasteiger partial charge in [-0.25, -0.2) is 4.39 Å². The van der Waals surface area contributed by atoms with Gasteiger partial charge in [0.05, 0.1) is 11.1 Å². The van der Waals surface area contributed by atoms with E-state index in [2.05, 4.69) is 32.7 Å². The largest absolute Gasteiger partial charge is 0.347 e. The Morgan fingerprint density at radius 3 is 2.49 bits per heavy atom. The van der Waals surface area contributed by atoms with Crippen molar-refractivity contribution in [2.24, 2.45) is 23.5 Å². The number of nitrogens with zero attached hydrogens (tertiary/aromatic N) is 3. The fourth-order valence-electron chi connectivity index (χ4n) is 6.88. The molecule has 0 radical (unpaired) electrons. The Balaban J connectivity index is 1.13. The lowest BCUT2D eigenvalue weighted by Crippen LogP contribution is -2.39. The highest BCUT2D eigenvalue weighted by atomic mass is 19.1. The molecule has 2 unspecified atom stereocenters. The summed E-state index contributed by atoms with van der Waals surface area (Å²) in [5, 5.41) is 1.13. The number of carbonyl (C=O) groups excluding carboxylic acids is 1. The van der Waals surface area contributed by atoms with Gasteiger partial charge in [0.1, 0.15) is 5.82 Å². The molecule has 1 amide bonds. The van der Waals surface area contributed by atoms with Crippen molar-refractivity contribution in [2.75, 3.05) is 39.3 Å². The number of benzene rings is 2. The van der Waals surface area contributed by atoms with Gasteiger partial charge in [-0.1, -0.05) is 24.3 Å². The van der Waals surface area contributed by atoms with Crippen LogP contribution in [0.15, 0.2) is 54.7 Å². The zero-order valence-corrected chi connectivity index (χ0v) is 21.7. The number of hydrogen-bond acceptors (Lipinski definition) is 3. The summed E-state index contributed by atoms with van der Waals surface area (Å²) in [7, 11) is 0. The second kappa shape index (κ2) is 10.6. The van der Waals surface area contributed by atoms with Crippen molar-refractivity contribution >= 4 is 16.8 Å². The van der Waals surface area contributed by atoms with Gasteiger partial charge < -0.3 is 20.1 Å². The molecule has 5 nitrogen and oxygen atoms in total. The number of aryl methyl sites for hydroxylation is 1. The van der Waals surface area contributed by atoms with Gasteiger partial charge in [-0.3, -0.25) is 4.79 Å². The number of likely N-dealkylation sites (tertiary alicyclic amines) is 2. The van der Waals surface area contributed by atoms with E-state index >= 15 is 0 Å². The Morgan fingerprint density at radius 1 is 0.973 bits per heavy atom. The standard InChI is InChI=1S/C31H39FN4O/c32-27-9-7-22(8-10-27)23-11-16-34(17-12-23)19-26-20-36(21-29(26)24-5-6-24)31(37)28-4-1-3-25-13-18-35(30(25)28)15-2-14-33/h1,3-4,7-10,13,18,23-24,26,29H,2,5-6,11-12,14-17,19-21,33H2. The molecule has 2 N–H and O–H groups in total. The van der Waals surface area contributed by atoms with E-state index in [1.807, 2.05) is 24.3 Å². The molecule has 0 bridgehead atoms. The first-order valence-electron chi connectivity index (χ1n) is 14.2. The Labute approximate surface area is 219 Å². The topological polar surface area (TPSA) is 54.5 Å². The van der Waals surface area contributed by atoms with Crippen LogP contribution in [0.5, 0.6) is 0 Å². The number of aromatic nitrogens is 1. The van der Waals surface area contributed by atoms with Crippen LogP contribution in [0.2, 0.25) is 0 Å². The van der Waals surface area contributed by atoms with Crippen LogP contribution in [0.25, 0.3) is 10.9 Å².